The zero-order valence-corrected chi connectivity index (χ0v) is 14.9. The second-order valence-corrected chi connectivity index (χ2v) is 6.64. The first-order valence-electron chi connectivity index (χ1n) is 8.78. The predicted molar refractivity (Wildman–Crippen MR) is 98.3 cm³/mol. The van der Waals surface area contributed by atoms with Crippen LogP contribution in [0.1, 0.15) is 33.5 Å². The van der Waals surface area contributed by atoms with Gasteiger partial charge in [0, 0.05) is 12.1 Å². The van der Waals surface area contributed by atoms with Crippen molar-refractivity contribution in [1.29, 1.82) is 0 Å². The number of carboxylic acid groups (broad SMARTS) is 1. The standard InChI is InChI=1S/C21H23NO4/c1-15-6-8-16(9-7-15)12-17-4-2-3-5-19(17)21(25)22-10-11-26-14-18(22)13-20(23)24/h2-9,18H,10-14H2,1H3,(H,23,24)/t18-/m0/s1. The molecule has 0 aliphatic carbocycles. The number of hydrogen-bond acceptors (Lipinski definition) is 3. The number of carbonyl (C=O) groups excluding carboxylic acids is 1. The second-order valence-electron chi connectivity index (χ2n) is 6.64. The summed E-state index contributed by atoms with van der Waals surface area (Å²) in [5, 5.41) is 9.11. The van der Waals surface area contributed by atoms with Gasteiger partial charge < -0.3 is 14.7 Å². The molecule has 0 bridgehead atoms. The number of ether oxygens (including phenoxy) is 1. The van der Waals surface area contributed by atoms with E-state index in [2.05, 4.69) is 24.3 Å². The largest absolute Gasteiger partial charge is 0.481 e. The van der Waals surface area contributed by atoms with Gasteiger partial charge in [0.15, 0.2) is 0 Å². The molecule has 136 valence electrons. The molecule has 2 aromatic rings. The zero-order valence-electron chi connectivity index (χ0n) is 14.9. The predicted octanol–water partition coefficient (Wildman–Crippen LogP) is 2.90. The number of carbonyl (C=O) groups is 2. The number of aliphatic carboxylic acids is 1. The SMILES string of the molecule is Cc1ccc(Cc2ccccc2C(=O)N2CCOC[C@@H]2CC(=O)O)cc1. The summed E-state index contributed by atoms with van der Waals surface area (Å²) >= 11 is 0. The number of amides is 1. The van der Waals surface area contributed by atoms with Gasteiger partial charge in [0.2, 0.25) is 0 Å². The van der Waals surface area contributed by atoms with Gasteiger partial charge in [-0.3, -0.25) is 9.59 Å². The van der Waals surface area contributed by atoms with Crippen LogP contribution in [0.15, 0.2) is 48.5 Å². The van der Waals surface area contributed by atoms with Gasteiger partial charge in [-0.05, 0) is 30.5 Å². The van der Waals surface area contributed by atoms with Crippen molar-refractivity contribution >= 4 is 11.9 Å². The van der Waals surface area contributed by atoms with Crippen LogP contribution in [0.2, 0.25) is 0 Å². The highest BCUT2D eigenvalue weighted by Crippen LogP contribution is 2.20. The molecule has 1 amide bonds. The lowest BCUT2D eigenvalue weighted by molar-refractivity contribution is -0.139. The summed E-state index contributed by atoms with van der Waals surface area (Å²) in [4.78, 5) is 25.9. The summed E-state index contributed by atoms with van der Waals surface area (Å²) in [6.07, 6.45) is 0.558. The van der Waals surface area contributed by atoms with Gasteiger partial charge in [-0.1, -0.05) is 48.0 Å². The molecule has 1 fully saturated rings. The maximum atomic E-state index is 13.1. The number of nitrogens with zero attached hydrogens (tertiary/aromatic N) is 1. The highest BCUT2D eigenvalue weighted by molar-refractivity contribution is 5.96. The van der Waals surface area contributed by atoms with Gasteiger partial charge in [0.05, 0.1) is 25.7 Å². The number of morpholine rings is 1. The van der Waals surface area contributed by atoms with Crippen LogP contribution in [-0.2, 0) is 16.0 Å². The highest BCUT2D eigenvalue weighted by Gasteiger charge is 2.30. The van der Waals surface area contributed by atoms with Crippen LogP contribution in [0.3, 0.4) is 0 Å². The average molecular weight is 353 g/mol. The Kier molecular flexibility index (Phi) is 5.68. The maximum Gasteiger partial charge on any atom is 0.305 e. The van der Waals surface area contributed by atoms with E-state index < -0.39 is 12.0 Å². The van der Waals surface area contributed by atoms with E-state index in [-0.39, 0.29) is 18.9 Å². The monoisotopic (exact) mass is 353 g/mol. The van der Waals surface area contributed by atoms with E-state index in [0.29, 0.717) is 25.1 Å². The number of benzene rings is 2. The summed E-state index contributed by atoms with van der Waals surface area (Å²) in [7, 11) is 0. The molecule has 0 saturated carbocycles. The minimum absolute atomic E-state index is 0.105. The van der Waals surface area contributed by atoms with E-state index in [0.717, 1.165) is 11.1 Å². The summed E-state index contributed by atoms with van der Waals surface area (Å²) < 4.78 is 5.38. The molecule has 26 heavy (non-hydrogen) atoms. The summed E-state index contributed by atoms with van der Waals surface area (Å²) in [6, 6.07) is 15.4. The van der Waals surface area contributed by atoms with E-state index >= 15 is 0 Å². The van der Waals surface area contributed by atoms with Gasteiger partial charge in [0.1, 0.15) is 0 Å². The van der Waals surface area contributed by atoms with Crippen LogP contribution in [-0.4, -0.2) is 47.7 Å². The Morgan fingerprint density at radius 3 is 2.62 bits per heavy atom. The lowest BCUT2D eigenvalue weighted by Gasteiger charge is -2.35. The molecule has 1 N–H and O–H groups in total. The van der Waals surface area contributed by atoms with Crippen LogP contribution >= 0.6 is 0 Å². The highest BCUT2D eigenvalue weighted by atomic mass is 16.5. The zero-order chi connectivity index (χ0) is 18.5. The normalized spacial score (nSPS) is 17.1. The van der Waals surface area contributed by atoms with Crippen LogP contribution in [0.25, 0.3) is 0 Å². The fraction of sp³-hybridized carbons (Fsp3) is 0.333. The molecule has 1 heterocycles. The number of hydrogen-bond donors (Lipinski definition) is 1. The first-order valence-corrected chi connectivity index (χ1v) is 8.78. The van der Waals surface area contributed by atoms with E-state index in [4.69, 9.17) is 9.84 Å². The van der Waals surface area contributed by atoms with Gasteiger partial charge >= 0.3 is 5.97 Å². The van der Waals surface area contributed by atoms with Gasteiger partial charge in [-0.2, -0.15) is 0 Å². The smallest absolute Gasteiger partial charge is 0.305 e. The topological polar surface area (TPSA) is 66.8 Å². The molecular weight excluding hydrogens is 330 g/mol. The molecule has 0 unspecified atom stereocenters. The molecular formula is C21H23NO4. The minimum Gasteiger partial charge on any atom is -0.481 e. The Hall–Kier alpha value is -2.66. The van der Waals surface area contributed by atoms with Crippen LogP contribution in [0, 0.1) is 6.92 Å². The van der Waals surface area contributed by atoms with Gasteiger partial charge in [-0.25, -0.2) is 0 Å². The number of rotatable bonds is 5. The van der Waals surface area contributed by atoms with Crippen LogP contribution in [0.5, 0.6) is 0 Å². The molecule has 1 aliphatic heterocycles. The average Bonchev–Trinajstić information content (AvgIpc) is 2.63. The first kappa shape index (κ1) is 18.1. The van der Waals surface area contributed by atoms with Crippen molar-refractivity contribution < 1.29 is 19.4 Å². The molecule has 2 aromatic carbocycles. The molecule has 5 nitrogen and oxygen atoms in total. The van der Waals surface area contributed by atoms with Crippen molar-refractivity contribution in [2.75, 3.05) is 19.8 Å². The lowest BCUT2D eigenvalue weighted by Crippen LogP contribution is -2.49. The van der Waals surface area contributed by atoms with Crippen molar-refractivity contribution in [2.24, 2.45) is 0 Å². The summed E-state index contributed by atoms with van der Waals surface area (Å²) in [5.74, 6) is -1.05. The molecule has 1 aliphatic rings. The molecule has 0 spiro atoms. The third kappa shape index (κ3) is 4.29. The third-order valence-electron chi connectivity index (χ3n) is 4.66. The Bertz CT molecular complexity index is 785. The van der Waals surface area contributed by atoms with E-state index in [1.165, 1.54) is 5.56 Å². The van der Waals surface area contributed by atoms with Crippen molar-refractivity contribution in [3.63, 3.8) is 0 Å². The van der Waals surface area contributed by atoms with Crippen molar-refractivity contribution in [3.8, 4) is 0 Å². The first-order chi connectivity index (χ1) is 12.5. The van der Waals surface area contributed by atoms with E-state index in [1.54, 1.807) is 4.90 Å². The second kappa shape index (κ2) is 8.15. The Morgan fingerprint density at radius 2 is 1.88 bits per heavy atom. The Labute approximate surface area is 153 Å². The number of carboxylic acids is 1. The van der Waals surface area contributed by atoms with Gasteiger partial charge in [0.25, 0.3) is 5.91 Å². The van der Waals surface area contributed by atoms with Gasteiger partial charge in [-0.15, -0.1) is 0 Å². The fourth-order valence-corrected chi connectivity index (χ4v) is 3.26. The van der Waals surface area contributed by atoms with Crippen LogP contribution in [0.4, 0.5) is 0 Å². The van der Waals surface area contributed by atoms with Crippen molar-refractivity contribution in [2.45, 2.75) is 25.8 Å². The quantitative estimate of drug-likeness (QED) is 0.897. The van der Waals surface area contributed by atoms with Crippen LogP contribution < -0.4 is 0 Å². The third-order valence-corrected chi connectivity index (χ3v) is 4.66. The number of aryl methyl sites for hydroxylation is 1. The van der Waals surface area contributed by atoms with Crippen molar-refractivity contribution in [3.05, 3.63) is 70.8 Å². The van der Waals surface area contributed by atoms with E-state index in [9.17, 15) is 9.59 Å². The lowest BCUT2D eigenvalue weighted by atomic mass is 9.97. The molecule has 1 atom stereocenters. The Balaban J connectivity index is 1.84. The minimum atomic E-state index is -0.925. The molecule has 5 heteroatoms. The summed E-state index contributed by atoms with van der Waals surface area (Å²) in [6.45, 7) is 3.15. The molecule has 3 rings (SSSR count). The molecule has 0 aromatic heterocycles. The Morgan fingerprint density at radius 1 is 1.15 bits per heavy atom. The van der Waals surface area contributed by atoms with E-state index in [1.807, 2.05) is 31.2 Å². The maximum absolute atomic E-state index is 13.1. The van der Waals surface area contributed by atoms with Crippen molar-refractivity contribution in [1.82, 2.24) is 4.90 Å². The molecule has 1 saturated heterocycles. The fourth-order valence-electron chi connectivity index (χ4n) is 3.26. The molecule has 0 radical (unpaired) electrons. The summed E-state index contributed by atoms with van der Waals surface area (Å²) in [5.41, 5.74) is 3.91.